The summed E-state index contributed by atoms with van der Waals surface area (Å²) in [5.41, 5.74) is 1.73. The Labute approximate surface area is 160 Å². The fourth-order valence-corrected chi connectivity index (χ4v) is 3.66. The van der Waals surface area contributed by atoms with Gasteiger partial charge in [0.25, 0.3) is 0 Å². The molecule has 2 heterocycles. The predicted octanol–water partition coefficient (Wildman–Crippen LogP) is 4.80. The van der Waals surface area contributed by atoms with Crippen LogP contribution in [0.4, 0.5) is 5.13 Å². The van der Waals surface area contributed by atoms with Crippen LogP contribution < -0.4 is 5.32 Å². The van der Waals surface area contributed by atoms with E-state index in [-0.39, 0.29) is 12.0 Å². The first-order chi connectivity index (χ1) is 12.6. The van der Waals surface area contributed by atoms with Gasteiger partial charge in [-0.1, -0.05) is 19.9 Å². The first-order valence-corrected chi connectivity index (χ1v) is 9.97. The zero-order valence-corrected chi connectivity index (χ0v) is 17.3. The van der Waals surface area contributed by atoms with Gasteiger partial charge in [-0.05, 0) is 32.4 Å². The van der Waals surface area contributed by atoms with Gasteiger partial charge in [-0.2, -0.15) is 0 Å². The molecule has 1 aromatic heterocycles. The number of thiazole rings is 1. The second-order valence-electron chi connectivity index (χ2n) is 6.14. The van der Waals surface area contributed by atoms with Gasteiger partial charge in [-0.15, -0.1) is 11.3 Å². The number of methoxy groups -OCH3 is 2. The summed E-state index contributed by atoms with van der Waals surface area (Å²) in [5, 5.41) is 6.28. The Bertz CT molecular complexity index is 716. The summed E-state index contributed by atoms with van der Waals surface area (Å²) in [7, 11) is 3.39. The largest absolute Gasteiger partial charge is 0.500 e. The van der Waals surface area contributed by atoms with Gasteiger partial charge in [0.2, 0.25) is 0 Å². The minimum absolute atomic E-state index is 0.0436. The topological polar surface area (TPSA) is 55.7 Å². The molecule has 0 saturated carbocycles. The number of fused-ring (bicyclic) bond motifs is 2. The maximum absolute atomic E-state index is 5.63. The van der Waals surface area contributed by atoms with Crippen LogP contribution in [0.2, 0.25) is 0 Å². The molecule has 5 nitrogen and oxygen atoms in total. The molecular formula is C20H29N3O2S. The lowest BCUT2D eigenvalue weighted by Crippen LogP contribution is -2.10. The van der Waals surface area contributed by atoms with E-state index in [1.54, 1.807) is 25.6 Å². The van der Waals surface area contributed by atoms with E-state index in [1.807, 2.05) is 31.4 Å². The van der Waals surface area contributed by atoms with Crippen molar-refractivity contribution in [3.05, 3.63) is 46.9 Å². The minimum Gasteiger partial charge on any atom is -0.500 e. The Morgan fingerprint density at radius 2 is 2.00 bits per heavy atom. The van der Waals surface area contributed by atoms with E-state index in [0.29, 0.717) is 6.04 Å². The molecule has 1 aromatic rings. The zero-order valence-electron chi connectivity index (χ0n) is 16.4. The van der Waals surface area contributed by atoms with Crippen LogP contribution in [0.5, 0.6) is 0 Å². The Hall–Kier alpha value is -2.08. The molecule has 26 heavy (non-hydrogen) atoms. The Morgan fingerprint density at radius 1 is 1.23 bits per heavy atom. The van der Waals surface area contributed by atoms with E-state index in [1.165, 1.54) is 0 Å². The maximum Gasteiger partial charge on any atom is 0.183 e. The summed E-state index contributed by atoms with van der Waals surface area (Å²) in [6.07, 6.45) is 9.05. The van der Waals surface area contributed by atoms with Crippen molar-refractivity contribution >= 4 is 22.2 Å². The number of rotatable bonds is 5. The number of aliphatic imine (C=N–C) groups is 1. The van der Waals surface area contributed by atoms with Crippen molar-refractivity contribution < 1.29 is 9.47 Å². The van der Waals surface area contributed by atoms with Crippen LogP contribution in [0, 0.1) is 5.92 Å². The lowest BCUT2D eigenvalue weighted by atomic mass is 9.99. The highest BCUT2D eigenvalue weighted by atomic mass is 32.1. The molecule has 2 bridgehead atoms. The van der Waals surface area contributed by atoms with E-state index in [4.69, 9.17) is 14.5 Å². The number of nitrogens with one attached hydrogen (secondary N) is 1. The molecule has 1 aliphatic heterocycles. The van der Waals surface area contributed by atoms with E-state index >= 15 is 0 Å². The molecule has 1 aliphatic carbocycles. The number of nitrogens with zero attached hydrogens (tertiary/aromatic N) is 2. The van der Waals surface area contributed by atoms with Gasteiger partial charge in [0.15, 0.2) is 5.13 Å². The van der Waals surface area contributed by atoms with E-state index < -0.39 is 0 Å². The highest BCUT2D eigenvalue weighted by molar-refractivity contribution is 7.13. The fraction of sp³-hybridized carbons (Fsp3) is 0.500. The number of allylic oxidation sites excluding steroid dienone is 3. The Morgan fingerprint density at radius 3 is 2.65 bits per heavy atom. The third-order valence-corrected chi connectivity index (χ3v) is 4.72. The van der Waals surface area contributed by atoms with Gasteiger partial charge >= 0.3 is 0 Å². The molecule has 6 heteroatoms. The van der Waals surface area contributed by atoms with Crippen LogP contribution in [0.3, 0.4) is 0 Å². The molecule has 0 saturated heterocycles. The summed E-state index contributed by atoms with van der Waals surface area (Å²) in [6, 6.07) is 0.396. The highest BCUT2D eigenvalue weighted by Crippen LogP contribution is 2.30. The van der Waals surface area contributed by atoms with E-state index in [0.717, 1.165) is 34.5 Å². The molecule has 142 valence electrons. The highest BCUT2D eigenvalue weighted by Gasteiger charge is 2.25. The molecule has 3 rings (SSSR count). The van der Waals surface area contributed by atoms with Crippen LogP contribution in [0.1, 0.15) is 39.8 Å². The number of ether oxygens (including phenoxy) is 2. The quantitative estimate of drug-likeness (QED) is 0.803. The van der Waals surface area contributed by atoms with E-state index in [9.17, 15) is 0 Å². The lowest BCUT2D eigenvalue weighted by Gasteiger charge is -2.14. The first-order valence-electron chi connectivity index (χ1n) is 9.09. The molecule has 2 aliphatic rings. The molecule has 1 N–H and O–H groups in total. The maximum atomic E-state index is 5.63. The third kappa shape index (κ3) is 4.97. The Kier molecular flexibility index (Phi) is 7.45. The molecule has 0 aromatic carbocycles. The summed E-state index contributed by atoms with van der Waals surface area (Å²) < 4.78 is 11.0. The monoisotopic (exact) mass is 375 g/mol. The van der Waals surface area contributed by atoms with Gasteiger partial charge < -0.3 is 14.8 Å². The third-order valence-electron chi connectivity index (χ3n) is 3.94. The van der Waals surface area contributed by atoms with Gasteiger partial charge in [-0.3, -0.25) is 4.99 Å². The number of aromatic nitrogens is 1. The van der Waals surface area contributed by atoms with Crippen LogP contribution >= 0.6 is 11.3 Å². The van der Waals surface area contributed by atoms with Crippen LogP contribution in [-0.4, -0.2) is 37.0 Å². The fourth-order valence-electron chi connectivity index (χ4n) is 2.81. The average Bonchev–Trinajstić information content (AvgIpc) is 2.90. The molecule has 0 fully saturated rings. The van der Waals surface area contributed by atoms with Crippen LogP contribution in [-0.2, 0) is 9.47 Å². The number of hydrogen-bond acceptors (Lipinski definition) is 6. The normalized spacial score (nSPS) is 21.4. The van der Waals surface area contributed by atoms with Crippen molar-refractivity contribution in [2.75, 3.05) is 19.5 Å². The molecule has 0 spiro atoms. The predicted molar refractivity (Wildman–Crippen MR) is 110 cm³/mol. The van der Waals surface area contributed by atoms with Gasteiger partial charge in [0.05, 0.1) is 26.0 Å². The van der Waals surface area contributed by atoms with Gasteiger partial charge in [0.1, 0.15) is 17.2 Å². The summed E-state index contributed by atoms with van der Waals surface area (Å²) >= 11 is 1.59. The summed E-state index contributed by atoms with van der Waals surface area (Å²) in [4.78, 5) is 9.56. The van der Waals surface area contributed by atoms with Crippen LogP contribution in [0.15, 0.2) is 46.2 Å². The smallest absolute Gasteiger partial charge is 0.183 e. The number of anilines is 1. The van der Waals surface area contributed by atoms with Crippen molar-refractivity contribution in [3.8, 4) is 0 Å². The van der Waals surface area contributed by atoms with Crippen molar-refractivity contribution in [1.82, 2.24) is 4.98 Å². The number of hydrogen-bond donors (Lipinski definition) is 1. The van der Waals surface area contributed by atoms with Crippen molar-refractivity contribution in [3.63, 3.8) is 0 Å². The van der Waals surface area contributed by atoms with Gasteiger partial charge in [0, 0.05) is 23.4 Å². The standard InChI is InChI=1S/C18H23N3O2S.C2H6/c1-11(2)19-18-21-16(10-24-18)15-9-17(23-4)12-5-6-14(22-3)8-13(7-12)20-15;1-2/h5-6,8-13H,7H2,1-4H3,(H,19,21);1-2H3. The molecule has 2 unspecified atom stereocenters. The minimum atomic E-state index is 0.0436. The first kappa shape index (κ1) is 20.2. The summed E-state index contributed by atoms with van der Waals surface area (Å²) in [5.74, 6) is 1.94. The van der Waals surface area contributed by atoms with Gasteiger partial charge in [-0.25, -0.2) is 4.98 Å². The van der Waals surface area contributed by atoms with Crippen molar-refractivity contribution in [2.45, 2.75) is 46.2 Å². The van der Waals surface area contributed by atoms with Crippen molar-refractivity contribution in [1.29, 1.82) is 0 Å². The molecule has 0 radical (unpaired) electrons. The average molecular weight is 376 g/mol. The Balaban J connectivity index is 0.00000117. The molecular weight excluding hydrogens is 346 g/mol. The SMILES string of the molecule is CC.COC1=CC2CC(C=C1)C(OC)=CC(c1csc(NC(C)C)n1)=N2. The lowest BCUT2D eigenvalue weighted by molar-refractivity contribution is 0.253. The molecule has 0 amide bonds. The summed E-state index contributed by atoms with van der Waals surface area (Å²) in [6.45, 7) is 8.20. The van der Waals surface area contributed by atoms with Crippen LogP contribution in [0.25, 0.3) is 0 Å². The zero-order chi connectivity index (χ0) is 19.1. The second-order valence-corrected chi connectivity index (χ2v) is 7.00. The molecule has 2 atom stereocenters. The van der Waals surface area contributed by atoms with E-state index in [2.05, 4.69) is 36.3 Å². The second kappa shape index (κ2) is 9.57. The van der Waals surface area contributed by atoms with Crippen molar-refractivity contribution in [2.24, 2.45) is 10.9 Å².